The number of aliphatic hydroxyl groups is 1. The van der Waals surface area contributed by atoms with Crippen molar-refractivity contribution in [2.24, 2.45) is 0 Å². The molecule has 1 heterocycles. The highest BCUT2D eigenvalue weighted by Crippen LogP contribution is 2.30. The van der Waals surface area contributed by atoms with Crippen LogP contribution in [0.1, 0.15) is 15.9 Å². The summed E-state index contributed by atoms with van der Waals surface area (Å²) in [5.41, 5.74) is 1.33. The summed E-state index contributed by atoms with van der Waals surface area (Å²) in [5.74, 6) is -0.397. The molecular formula is C16H12BrClN2O4. The number of hydrogen-bond donors (Lipinski definition) is 3. The number of halogens is 2. The standard InChI is InChI=1S/C16H12BrClN2O4/c17-12-3-1-2-11-10(8-21)7-19(15(11)12)16(22)9-4-5-13(18)14(6-9)20(23)24/h1-7,21,23-24H,8H2. The number of aliphatic hydroxyl groups excluding tert-OH is 1. The van der Waals surface area contributed by atoms with E-state index in [-0.39, 0.29) is 28.1 Å². The minimum atomic E-state index is -0.397. The SMILES string of the molecule is O=C(c1ccc(Cl)c(N(O)O)c1)n1cc(CO)c2cccc(Br)c21. The van der Waals surface area contributed by atoms with Crippen molar-refractivity contribution >= 4 is 50.0 Å². The Labute approximate surface area is 150 Å². The lowest BCUT2D eigenvalue weighted by molar-refractivity contribution is 0.0292. The molecule has 2 aromatic carbocycles. The number of aromatic nitrogens is 1. The molecule has 0 aliphatic rings. The van der Waals surface area contributed by atoms with Crippen molar-refractivity contribution in [3.63, 3.8) is 0 Å². The number of nitrogens with zero attached hydrogens (tertiary/aromatic N) is 2. The number of rotatable bonds is 3. The lowest BCUT2D eigenvalue weighted by Crippen LogP contribution is -2.15. The molecule has 6 nitrogen and oxygen atoms in total. The van der Waals surface area contributed by atoms with E-state index in [0.29, 0.717) is 15.6 Å². The molecule has 124 valence electrons. The van der Waals surface area contributed by atoms with Crippen molar-refractivity contribution in [1.29, 1.82) is 0 Å². The molecule has 1 aromatic heterocycles. The van der Waals surface area contributed by atoms with Crippen molar-refractivity contribution in [2.45, 2.75) is 6.61 Å². The Balaban J connectivity index is 2.18. The fraction of sp³-hybridized carbons (Fsp3) is 0.0625. The van der Waals surface area contributed by atoms with Gasteiger partial charge in [-0.2, -0.15) is 0 Å². The fourth-order valence-corrected chi connectivity index (χ4v) is 3.28. The summed E-state index contributed by atoms with van der Waals surface area (Å²) in [6.07, 6.45) is 1.56. The van der Waals surface area contributed by atoms with Gasteiger partial charge >= 0.3 is 0 Å². The van der Waals surface area contributed by atoms with Crippen LogP contribution >= 0.6 is 27.5 Å². The first-order valence-corrected chi connectivity index (χ1v) is 8.02. The zero-order chi connectivity index (χ0) is 17.4. The molecule has 0 atom stereocenters. The van der Waals surface area contributed by atoms with Crippen molar-refractivity contribution in [3.05, 3.63) is 63.2 Å². The lowest BCUT2D eigenvalue weighted by atomic mass is 10.1. The van der Waals surface area contributed by atoms with Gasteiger partial charge in [0.25, 0.3) is 5.91 Å². The molecule has 0 saturated heterocycles. The van der Waals surface area contributed by atoms with Crippen LogP contribution in [0.25, 0.3) is 10.9 Å². The first-order valence-electron chi connectivity index (χ1n) is 6.85. The molecular weight excluding hydrogens is 400 g/mol. The average Bonchev–Trinajstić information content (AvgIpc) is 2.94. The quantitative estimate of drug-likeness (QED) is 0.570. The topological polar surface area (TPSA) is 85.9 Å². The van der Waals surface area contributed by atoms with Gasteiger partial charge in [0, 0.05) is 27.2 Å². The van der Waals surface area contributed by atoms with Crippen LogP contribution in [0.4, 0.5) is 5.69 Å². The van der Waals surface area contributed by atoms with Crippen LogP contribution in [0.3, 0.4) is 0 Å². The van der Waals surface area contributed by atoms with Gasteiger partial charge in [0.15, 0.2) is 0 Å². The Morgan fingerprint density at radius 2 is 2.00 bits per heavy atom. The Kier molecular flexibility index (Phi) is 4.62. The minimum Gasteiger partial charge on any atom is -0.392 e. The third-order valence-electron chi connectivity index (χ3n) is 3.66. The first-order chi connectivity index (χ1) is 11.4. The van der Waals surface area contributed by atoms with Crippen LogP contribution in [0.5, 0.6) is 0 Å². The predicted molar refractivity (Wildman–Crippen MR) is 92.8 cm³/mol. The van der Waals surface area contributed by atoms with Gasteiger partial charge in [0.2, 0.25) is 0 Å². The highest BCUT2D eigenvalue weighted by molar-refractivity contribution is 9.10. The summed E-state index contributed by atoms with van der Waals surface area (Å²) in [4.78, 5) is 12.9. The van der Waals surface area contributed by atoms with Gasteiger partial charge in [0.05, 0.1) is 17.1 Å². The second-order valence-electron chi connectivity index (χ2n) is 5.08. The van der Waals surface area contributed by atoms with Gasteiger partial charge < -0.3 is 5.11 Å². The molecule has 3 N–H and O–H groups in total. The number of carbonyl (C=O) groups is 1. The molecule has 0 amide bonds. The zero-order valence-electron chi connectivity index (χ0n) is 12.1. The van der Waals surface area contributed by atoms with Gasteiger partial charge in [-0.05, 0) is 40.2 Å². The van der Waals surface area contributed by atoms with E-state index < -0.39 is 5.91 Å². The van der Waals surface area contributed by atoms with E-state index in [2.05, 4.69) is 15.9 Å². The maximum absolute atomic E-state index is 12.9. The molecule has 3 rings (SSSR count). The predicted octanol–water partition coefficient (Wildman–Crippen LogP) is 3.82. The molecule has 0 radical (unpaired) electrons. The van der Waals surface area contributed by atoms with Crippen LogP contribution in [-0.4, -0.2) is 26.0 Å². The molecule has 3 aromatic rings. The van der Waals surface area contributed by atoms with E-state index >= 15 is 0 Å². The Morgan fingerprint density at radius 1 is 1.25 bits per heavy atom. The van der Waals surface area contributed by atoms with Crippen molar-refractivity contribution in [3.8, 4) is 0 Å². The van der Waals surface area contributed by atoms with Gasteiger partial charge in [0.1, 0.15) is 5.69 Å². The second-order valence-corrected chi connectivity index (χ2v) is 6.34. The van der Waals surface area contributed by atoms with E-state index in [9.17, 15) is 20.3 Å². The van der Waals surface area contributed by atoms with E-state index in [0.717, 1.165) is 5.39 Å². The molecule has 24 heavy (non-hydrogen) atoms. The molecule has 0 bridgehead atoms. The minimum absolute atomic E-state index is 0.0890. The van der Waals surface area contributed by atoms with E-state index in [1.807, 2.05) is 12.1 Å². The average molecular weight is 412 g/mol. The van der Waals surface area contributed by atoms with Crippen LogP contribution in [0, 0.1) is 0 Å². The summed E-state index contributed by atoms with van der Waals surface area (Å²) >= 11 is 9.28. The summed E-state index contributed by atoms with van der Waals surface area (Å²) in [5, 5.41) is 28.6. The van der Waals surface area contributed by atoms with Crippen LogP contribution in [0.15, 0.2) is 47.1 Å². The molecule has 0 fully saturated rings. The van der Waals surface area contributed by atoms with Gasteiger partial charge in [-0.1, -0.05) is 23.7 Å². The molecule has 8 heteroatoms. The summed E-state index contributed by atoms with van der Waals surface area (Å²) in [7, 11) is 0. The number of para-hydroxylation sites is 1. The Bertz CT molecular complexity index is 939. The zero-order valence-corrected chi connectivity index (χ0v) is 14.5. The van der Waals surface area contributed by atoms with Gasteiger partial charge in [-0.25, -0.2) is 0 Å². The molecule has 0 unspecified atom stereocenters. The molecule has 0 aliphatic carbocycles. The fourth-order valence-electron chi connectivity index (χ4n) is 2.53. The number of fused-ring (bicyclic) bond motifs is 1. The third kappa shape index (κ3) is 2.81. The number of anilines is 1. The molecule has 0 saturated carbocycles. The maximum Gasteiger partial charge on any atom is 0.262 e. The van der Waals surface area contributed by atoms with Crippen LogP contribution < -0.4 is 5.23 Å². The van der Waals surface area contributed by atoms with Crippen molar-refractivity contribution < 1.29 is 20.3 Å². The van der Waals surface area contributed by atoms with Gasteiger partial charge in [-0.15, -0.1) is 5.23 Å². The summed E-state index contributed by atoms with van der Waals surface area (Å²) in [6.45, 7) is -0.208. The summed E-state index contributed by atoms with van der Waals surface area (Å²) in [6, 6.07) is 9.58. The number of carbonyl (C=O) groups excluding carboxylic acids is 1. The second kappa shape index (κ2) is 6.54. The van der Waals surface area contributed by atoms with Crippen molar-refractivity contribution in [1.82, 2.24) is 4.57 Å². The Hall–Kier alpha value is -1.90. The highest BCUT2D eigenvalue weighted by atomic mass is 79.9. The van der Waals surface area contributed by atoms with E-state index in [1.165, 1.54) is 22.8 Å². The number of benzene rings is 2. The lowest BCUT2D eigenvalue weighted by Gasteiger charge is -2.12. The number of hydrogen-bond acceptors (Lipinski definition) is 5. The van der Waals surface area contributed by atoms with Crippen molar-refractivity contribution in [2.75, 3.05) is 5.23 Å². The Morgan fingerprint density at radius 3 is 2.67 bits per heavy atom. The molecule has 0 spiro atoms. The monoisotopic (exact) mass is 410 g/mol. The normalized spacial score (nSPS) is 11.0. The van der Waals surface area contributed by atoms with Crippen LogP contribution in [0.2, 0.25) is 5.02 Å². The van der Waals surface area contributed by atoms with Crippen LogP contribution in [-0.2, 0) is 6.61 Å². The largest absolute Gasteiger partial charge is 0.392 e. The van der Waals surface area contributed by atoms with E-state index in [1.54, 1.807) is 12.3 Å². The summed E-state index contributed by atoms with van der Waals surface area (Å²) < 4.78 is 2.10. The molecule has 0 aliphatic heterocycles. The highest BCUT2D eigenvalue weighted by Gasteiger charge is 2.18. The first kappa shape index (κ1) is 16.9. The van der Waals surface area contributed by atoms with Gasteiger partial charge in [-0.3, -0.25) is 19.8 Å². The van der Waals surface area contributed by atoms with E-state index in [4.69, 9.17) is 11.6 Å². The smallest absolute Gasteiger partial charge is 0.262 e. The maximum atomic E-state index is 12.9. The third-order valence-corrected chi connectivity index (χ3v) is 4.62.